The van der Waals surface area contributed by atoms with E-state index in [2.05, 4.69) is 15.8 Å². The molecule has 2 rings (SSSR count). The van der Waals surface area contributed by atoms with Crippen molar-refractivity contribution >= 4 is 27.1 Å². The molecule has 7 nitrogen and oxygen atoms in total. The SMILES string of the molecule is N#C/C(=N\Nc1ccc(F)cc1)C(=O)N[C@H]1CCS(=O)(=O)C1. The van der Waals surface area contributed by atoms with Gasteiger partial charge < -0.3 is 5.32 Å². The summed E-state index contributed by atoms with van der Waals surface area (Å²) in [5.41, 5.74) is 2.44. The second-order valence-electron chi connectivity index (χ2n) is 4.76. The van der Waals surface area contributed by atoms with Gasteiger partial charge in [-0.3, -0.25) is 10.2 Å². The van der Waals surface area contributed by atoms with Gasteiger partial charge >= 0.3 is 0 Å². The maximum Gasteiger partial charge on any atom is 0.282 e. The molecule has 1 heterocycles. The molecule has 9 heteroatoms. The van der Waals surface area contributed by atoms with Crippen LogP contribution in [0, 0.1) is 17.1 Å². The van der Waals surface area contributed by atoms with Crippen molar-refractivity contribution in [2.24, 2.45) is 5.10 Å². The Labute approximate surface area is 126 Å². The Morgan fingerprint density at radius 3 is 2.59 bits per heavy atom. The van der Waals surface area contributed by atoms with Gasteiger partial charge in [-0.05, 0) is 30.7 Å². The average molecular weight is 324 g/mol. The monoisotopic (exact) mass is 324 g/mol. The van der Waals surface area contributed by atoms with Crippen LogP contribution < -0.4 is 10.7 Å². The Morgan fingerprint density at radius 2 is 2.05 bits per heavy atom. The van der Waals surface area contributed by atoms with Gasteiger partial charge in [0.15, 0.2) is 9.84 Å². The van der Waals surface area contributed by atoms with Crippen LogP contribution in [0.25, 0.3) is 0 Å². The summed E-state index contributed by atoms with van der Waals surface area (Å²) in [5, 5.41) is 15.0. The largest absolute Gasteiger partial charge is 0.346 e. The van der Waals surface area contributed by atoms with E-state index >= 15 is 0 Å². The van der Waals surface area contributed by atoms with E-state index in [1.807, 2.05) is 0 Å². The molecule has 1 atom stereocenters. The smallest absolute Gasteiger partial charge is 0.282 e. The predicted octanol–water partition coefficient (Wildman–Crippen LogP) is 0.420. The topological polar surface area (TPSA) is 111 Å². The van der Waals surface area contributed by atoms with Crippen LogP contribution in [0.4, 0.5) is 10.1 Å². The first kappa shape index (κ1) is 15.9. The van der Waals surface area contributed by atoms with Gasteiger partial charge in [0.25, 0.3) is 5.91 Å². The molecule has 1 saturated heterocycles. The molecule has 0 bridgehead atoms. The summed E-state index contributed by atoms with van der Waals surface area (Å²) in [5.74, 6) is -1.29. The number of nitrogens with one attached hydrogen (secondary N) is 2. The lowest BCUT2D eigenvalue weighted by Crippen LogP contribution is -2.39. The molecule has 1 aliphatic heterocycles. The highest BCUT2D eigenvalue weighted by Crippen LogP contribution is 2.11. The molecular weight excluding hydrogens is 311 g/mol. The van der Waals surface area contributed by atoms with E-state index in [0.717, 1.165) is 0 Å². The van der Waals surface area contributed by atoms with Gasteiger partial charge in [0.2, 0.25) is 5.71 Å². The summed E-state index contributed by atoms with van der Waals surface area (Å²) in [4.78, 5) is 11.9. The van der Waals surface area contributed by atoms with Crippen molar-refractivity contribution < 1.29 is 17.6 Å². The third-order valence-electron chi connectivity index (χ3n) is 3.03. The summed E-state index contributed by atoms with van der Waals surface area (Å²) in [7, 11) is -3.12. The number of rotatable bonds is 4. The summed E-state index contributed by atoms with van der Waals surface area (Å²) < 4.78 is 35.4. The summed E-state index contributed by atoms with van der Waals surface area (Å²) in [6.45, 7) is 0. The van der Waals surface area contributed by atoms with Gasteiger partial charge in [0.1, 0.15) is 11.9 Å². The van der Waals surface area contributed by atoms with Gasteiger partial charge in [0.05, 0.1) is 17.2 Å². The number of nitriles is 1. The van der Waals surface area contributed by atoms with E-state index in [1.54, 1.807) is 6.07 Å². The molecule has 1 aromatic carbocycles. The molecule has 2 N–H and O–H groups in total. The van der Waals surface area contributed by atoms with Gasteiger partial charge in [-0.25, -0.2) is 12.8 Å². The van der Waals surface area contributed by atoms with Gasteiger partial charge in [-0.1, -0.05) is 0 Å². The molecule has 22 heavy (non-hydrogen) atoms. The van der Waals surface area contributed by atoms with Crippen molar-refractivity contribution in [1.82, 2.24) is 5.32 Å². The Hall–Kier alpha value is -2.47. The Morgan fingerprint density at radius 1 is 1.36 bits per heavy atom. The highest BCUT2D eigenvalue weighted by Gasteiger charge is 2.29. The normalized spacial score (nSPS) is 20.2. The van der Waals surface area contributed by atoms with Crippen LogP contribution in [0.3, 0.4) is 0 Å². The molecule has 1 fully saturated rings. The lowest BCUT2D eigenvalue weighted by molar-refractivity contribution is -0.115. The third kappa shape index (κ3) is 4.26. The van der Waals surface area contributed by atoms with Gasteiger partial charge in [0, 0.05) is 6.04 Å². The van der Waals surface area contributed by atoms with Gasteiger partial charge in [-0.15, -0.1) is 0 Å². The number of hydrazone groups is 1. The minimum atomic E-state index is -3.12. The molecule has 0 aliphatic carbocycles. The fraction of sp³-hybridized carbons (Fsp3) is 0.308. The fourth-order valence-electron chi connectivity index (χ4n) is 1.93. The van der Waals surface area contributed by atoms with Crippen LogP contribution in [-0.4, -0.2) is 37.6 Å². The number of halogens is 1. The molecule has 0 spiro atoms. The van der Waals surface area contributed by atoms with Gasteiger partial charge in [-0.2, -0.15) is 10.4 Å². The number of anilines is 1. The zero-order valence-corrected chi connectivity index (χ0v) is 12.2. The zero-order valence-electron chi connectivity index (χ0n) is 11.4. The van der Waals surface area contributed by atoms with E-state index in [0.29, 0.717) is 12.1 Å². The Balaban J connectivity index is 1.98. The fourth-order valence-corrected chi connectivity index (χ4v) is 3.61. The second kappa shape index (κ2) is 6.53. The Kier molecular flexibility index (Phi) is 4.72. The minimum absolute atomic E-state index is 0.0187. The maximum atomic E-state index is 12.7. The van der Waals surface area contributed by atoms with E-state index in [1.165, 1.54) is 24.3 Å². The third-order valence-corrected chi connectivity index (χ3v) is 4.80. The van der Waals surface area contributed by atoms with Crippen molar-refractivity contribution in [2.45, 2.75) is 12.5 Å². The lowest BCUT2D eigenvalue weighted by atomic mass is 10.2. The van der Waals surface area contributed by atoms with Crippen LogP contribution >= 0.6 is 0 Å². The van der Waals surface area contributed by atoms with E-state index < -0.39 is 33.3 Å². The number of amides is 1. The molecule has 1 aliphatic rings. The zero-order chi connectivity index (χ0) is 16.2. The number of sulfone groups is 1. The first-order valence-electron chi connectivity index (χ1n) is 6.40. The number of carbonyl (C=O) groups excluding carboxylic acids is 1. The van der Waals surface area contributed by atoms with Crippen LogP contribution in [0.5, 0.6) is 0 Å². The summed E-state index contributed by atoms with van der Waals surface area (Å²) in [6.07, 6.45) is 0.318. The van der Waals surface area contributed by atoms with Crippen molar-refractivity contribution in [2.75, 3.05) is 16.9 Å². The summed E-state index contributed by atoms with van der Waals surface area (Å²) in [6, 6.07) is 6.32. The number of hydrogen-bond acceptors (Lipinski definition) is 6. The van der Waals surface area contributed by atoms with Crippen molar-refractivity contribution in [3.05, 3.63) is 30.1 Å². The molecule has 0 radical (unpaired) electrons. The molecular formula is C13H13FN4O3S. The standard InChI is InChI=1S/C13H13FN4O3S/c14-9-1-3-10(4-2-9)17-18-12(7-15)13(19)16-11-5-6-22(20,21)8-11/h1-4,11,17H,5-6,8H2,(H,16,19)/b18-12+/t11-/m0/s1. The number of carbonyl (C=O) groups is 1. The van der Waals surface area contributed by atoms with Crippen LogP contribution in [-0.2, 0) is 14.6 Å². The van der Waals surface area contributed by atoms with Crippen molar-refractivity contribution in [1.29, 1.82) is 5.26 Å². The van der Waals surface area contributed by atoms with Crippen LogP contribution in [0.1, 0.15) is 6.42 Å². The summed E-state index contributed by atoms with van der Waals surface area (Å²) >= 11 is 0. The lowest BCUT2D eigenvalue weighted by Gasteiger charge is -2.09. The maximum absolute atomic E-state index is 12.7. The quantitative estimate of drug-likeness (QED) is 0.616. The van der Waals surface area contributed by atoms with Crippen molar-refractivity contribution in [3.63, 3.8) is 0 Å². The molecule has 0 unspecified atom stereocenters. The first-order chi connectivity index (χ1) is 10.4. The molecule has 0 saturated carbocycles. The molecule has 1 amide bonds. The van der Waals surface area contributed by atoms with Crippen LogP contribution in [0.15, 0.2) is 29.4 Å². The number of benzene rings is 1. The number of nitrogens with zero attached hydrogens (tertiary/aromatic N) is 2. The number of hydrogen-bond donors (Lipinski definition) is 2. The molecule has 0 aromatic heterocycles. The Bertz CT molecular complexity index is 738. The minimum Gasteiger partial charge on any atom is -0.346 e. The highest BCUT2D eigenvalue weighted by atomic mass is 32.2. The van der Waals surface area contributed by atoms with E-state index in [4.69, 9.17) is 5.26 Å². The van der Waals surface area contributed by atoms with Crippen LogP contribution in [0.2, 0.25) is 0 Å². The average Bonchev–Trinajstić information content (AvgIpc) is 2.80. The molecule has 1 aromatic rings. The predicted molar refractivity (Wildman–Crippen MR) is 78.3 cm³/mol. The highest BCUT2D eigenvalue weighted by molar-refractivity contribution is 7.91. The van der Waals surface area contributed by atoms with E-state index in [9.17, 15) is 17.6 Å². The first-order valence-corrected chi connectivity index (χ1v) is 8.22. The van der Waals surface area contributed by atoms with E-state index in [-0.39, 0.29) is 11.5 Å². The second-order valence-corrected chi connectivity index (χ2v) is 6.99. The van der Waals surface area contributed by atoms with Crippen molar-refractivity contribution in [3.8, 4) is 6.07 Å². The molecule has 116 valence electrons.